The van der Waals surface area contributed by atoms with Crippen LogP contribution in [0.5, 0.6) is 5.88 Å². The van der Waals surface area contributed by atoms with Crippen LogP contribution in [-0.2, 0) is 19.4 Å². The van der Waals surface area contributed by atoms with Gasteiger partial charge >= 0.3 is 0 Å². The predicted octanol–water partition coefficient (Wildman–Crippen LogP) is 4.32. The molecule has 5 heterocycles. The number of methoxy groups -OCH3 is 1. The van der Waals surface area contributed by atoms with Gasteiger partial charge in [0.1, 0.15) is 17.2 Å². The average molecular weight is 448 g/mol. The summed E-state index contributed by atoms with van der Waals surface area (Å²) in [6, 6.07) is 4.00. The van der Waals surface area contributed by atoms with Gasteiger partial charge in [0.05, 0.1) is 30.5 Å². The van der Waals surface area contributed by atoms with Crippen LogP contribution in [-0.4, -0.2) is 43.0 Å². The van der Waals surface area contributed by atoms with E-state index in [1.807, 2.05) is 29.8 Å². The Balaban J connectivity index is 1.35. The van der Waals surface area contributed by atoms with E-state index < -0.39 is 0 Å². The zero-order valence-corrected chi connectivity index (χ0v) is 19.1. The van der Waals surface area contributed by atoms with Gasteiger partial charge in [0.2, 0.25) is 5.88 Å². The topological polar surface area (TPSA) is 73.9 Å². The quantitative estimate of drug-likeness (QED) is 0.464. The maximum atomic E-state index is 5.59. The lowest BCUT2D eigenvalue weighted by Crippen LogP contribution is -2.28. The molecule has 0 amide bonds. The number of thiazole rings is 1. The number of fused-ring (bicyclic) bond motifs is 3. The van der Waals surface area contributed by atoms with Gasteiger partial charge in [-0.05, 0) is 51.2 Å². The Bertz CT molecular complexity index is 1290. The molecule has 9 heteroatoms. The van der Waals surface area contributed by atoms with E-state index in [0.29, 0.717) is 5.88 Å². The van der Waals surface area contributed by atoms with Crippen LogP contribution < -0.4 is 9.64 Å². The first-order valence-electron chi connectivity index (χ1n) is 11.1. The highest BCUT2D eigenvalue weighted by molar-refractivity contribution is 7.14. The number of aromatic nitrogens is 6. The standard InChI is InChI=1S/C23H25N7OS/c1-15-12-28(14-24-15)20-9-8-18(25-21(20)31-2)19-13-32-23(26-19)29-10-5-11-30-22(29)16-6-3-4-7-17(16)27-30/h8-9,12-14H,3-7,10-11H2,1-2H3. The molecule has 0 spiro atoms. The summed E-state index contributed by atoms with van der Waals surface area (Å²) in [6.45, 7) is 3.93. The second-order valence-corrected chi connectivity index (χ2v) is 9.18. The molecule has 0 unspecified atom stereocenters. The van der Waals surface area contributed by atoms with Crippen LogP contribution in [0.4, 0.5) is 10.9 Å². The van der Waals surface area contributed by atoms with Crippen LogP contribution in [0.1, 0.15) is 36.2 Å². The fourth-order valence-electron chi connectivity index (χ4n) is 4.70. The highest BCUT2D eigenvalue weighted by Crippen LogP contribution is 2.39. The monoisotopic (exact) mass is 447 g/mol. The van der Waals surface area contributed by atoms with E-state index in [4.69, 9.17) is 19.8 Å². The van der Waals surface area contributed by atoms with Crippen molar-refractivity contribution in [1.82, 2.24) is 29.3 Å². The molecule has 0 saturated heterocycles. The smallest absolute Gasteiger partial charge is 0.238 e. The van der Waals surface area contributed by atoms with Gasteiger partial charge in [-0.15, -0.1) is 11.3 Å². The minimum Gasteiger partial charge on any atom is -0.479 e. The maximum Gasteiger partial charge on any atom is 0.238 e. The number of ether oxygens (including phenoxy) is 1. The molecule has 0 bridgehead atoms. The lowest BCUT2D eigenvalue weighted by Gasteiger charge is -2.28. The molecule has 0 radical (unpaired) electrons. The van der Waals surface area contributed by atoms with Crippen LogP contribution in [0.3, 0.4) is 0 Å². The molecule has 0 aromatic carbocycles. The van der Waals surface area contributed by atoms with Crippen molar-refractivity contribution in [3.63, 3.8) is 0 Å². The lowest BCUT2D eigenvalue weighted by atomic mass is 9.97. The van der Waals surface area contributed by atoms with Gasteiger partial charge in [-0.1, -0.05) is 0 Å². The zero-order chi connectivity index (χ0) is 21.7. The molecule has 164 valence electrons. The van der Waals surface area contributed by atoms with Crippen molar-refractivity contribution in [1.29, 1.82) is 0 Å². The van der Waals surface area contributed by atoms with Crippen LogP contribution in [0.15, 0.2) is 30.0 Å². The van der Waals surface area contributed by atoms with E-state index in [1.165, 1.54) is 29.9 Å². The third-order valence-corrected chi connectivity index (χ3v) is 7.07. The zero-order valence-electron chi connectivity index (χ0n) is 18.3. The minimum atomic E-state index is 0.555. The second kappa shape index (κ2) is 7.74. The third kappa shape index (κ3) is 3.19. The van der Waals surface area contributed by atoms with Crippen molar-refractivity contribution in [2.24, 2.45) is 0 Å². The summed E-state index contributed by atoms with van der Waals surface area (Å²) in [6.07, 6.45) is 9.51. The van der Waals surface area contributed by atoms with Crippen LogP contribution in [0.2, 0.25) is 0 Å². The van der Waals surface area contributed by atoms with Crippen LogP contribution >= 0.6 is 11.3 Å². The van der Waals surface area contributed by atoms with Crippen molar-refractivity contribution in [2.45, 2.75) is 45.6 Å². The molecule has 1 aliphatic heterocycles. The summed E-state index contributed by atoms with van der Waals surface area (Å²) < 4.78 is 9.71. The first kappa shape index (κ1) is 19.5. The van der Waals surface area contributed by atoms with E-state index in [9.17, 15) is 0 Å². The normalized spacial score (nSPS) is 15.5. The lowest BCUT2D eigenvalue weighted by molar-refractivity contribution is 0.396. The molecule has 8 nitrogen and oxygen atoms in total. The number of pyridine rings is 1. The summed E-state index contributed by atoms with van der Waals surface area (Å²) in [5.74, 6) is 1.81. The fraction of sp³-hybridized carbons (Fsp3) is 0.391. The third-order valence-electron chi connectivity index (χ3n) is 6.21. The van der Waals surface area contributed by atoms with Gasteiger partial charge in [-0.3, -0.25) is 0 Å². The van der Waals surface area contributed by atoms with Gasteiger partial charge in [0.25, 0.3) is 0 Å². The van der Waals surface area contributed by atoms with Crippen molar-refractivity contribution in [3.8, 4) is 23.0 Å². The molecule has 1 aliphatic carbocycles. The molecular formula is C23H25N7OS. The van der Waals surface area contributed by atoms with Crippen molar-refractivity contribution < 1.29 is 4.74 Å². The molecule has 0 saturated carbocycles. The van der Waals surface area contributed by atoms with E-state index in [-0.39, 0.29) is 0 Å². The Kier molecular flexibility index (Phi) is 4.71. The van der Waals surface area contributed by atoms with Crippen LogP contribution in [0.25, 0.3) is 17.1 Å². The average Bonchev–Trinajstić information content (AvgIpc) is 3.56. The van der Waals surface area contributed by atoms with Crippen molar-refractivity contribution in [2.75, 3.05) is 18.6 Å². The Morgan fingerprint density at radius 3 is 2.78 bits per heavy atom. The number of hydrogen-bond donors (Lipinski definition) is 0. The summed E-state index contributed by atoms with van der Waals surface area (Å²) >= 11 is 1.66. The van der Waals surface area contributed by atoms with Crippen molar-refractivity contribution >= 4 is 22.3 Å². The van der Waals surface area contributed by atoms with E-state index in [0.717, 1.165) is 60.3 Å². The molecule has 0 N–H and O–H groups in total. The fourth-order valence-corrected chi connectivity index (χ4v) is 5.55. The largest absolute Gasteiger partial charge is 0.479 e. The number of nitrogens with zero attached hydrogens (tertiary/aromatic N) is 7. The Hall–Kier alpha value is -3.20. The Morgan fingerprint density at radius 2 is 1.94 bits per heavy atom. The first-order chi connectivity index (χ1) is 15.7. The molecule has 6 rings (SSSR count). The summed E-state index contributed by atoms with van der Waals surface area (Å²) in [4.78, 5) is 16.4. The number of hydrogen-bond acceptors (Lipinski definition) is 7. The molecule has 0 atom stereocenters. The Labute approximate surface area is 190 Å². The molecule has 32 heavy (non-hydrogen) atoms. The number of rotatable bonds is 4. The minimum absolute atomic E-state index is 0.555. The Morgan fingerprint density at radius 1 is 1.03 bits per heavy atom. The van der Waals surface area contributed by atoms with Crippen molar-refractivity contribution in [3.05, 3.63) is 47.0 Å². The SMILES string of the molecule is COc1nc(-c2csc(N3CCCn4nc5c(c43)CCCC5)n2)ccc1-n1cnc(C)c1. The number of anilines is 2. The predicted molar refractivity (Wildman–Crippen MR) is 124 cm³/mol. The van der Waals surface area contributed by atoms with Gasteiger partial charge in [0, 0.05) is 30.2 Å². The summed E-state index contributed by atoms with van der Waals surface area (Å²) in [7, 11) is 1.64. The highest BCUT2D eigenvalue weighted by Gasteiger charge is 2.29. The molecule has 4 aromatic heterocycles. The van der Waals surface area contributed by atoms with Gasteiger partial charge in [-0.25, -0.2) is 19.6 Å². The summed E-state index contributed by atoms with van der Waals surface area (Å²) in [5, 5.41) is 8.00. The number of imidazole rings is 1. The van der Waals surface area contributed by atoms with Gasteiger partial charge in [0.15, 0.2) is 5.13 Å². The van der Waals surface area contributed by atoms with Gasteiger partial charge < -0.3 is 14.2 Å². The molecule has 2 aliphatic rings. The van der Waals surface area contributed by atoms with Crippen LogP contribution in [0, 0.1) is 6.92 Å². The first-order valence-corrected chi connectivity index (χ1v) is 12.0. The second-order valence-electron chi connectivity index (χ2n) is 8.35. The molecule has 4 aromatic rings. The van der Waals surface area contributed by atoms with Gasteiger partial charge in [-0.2, -0.15) is 5.10 Å². The van der Waals surface area contributed by atoms with E-state index >= 15 is 0 Å². The number of aryl methyl sites for hydroxylation is 3. The highest BCUT2D eigenvalue weighted by atomic mass is 32.1. The van der Waals surface area contributed by atoms with E-state index in [1.54, 1.807) is 24.8 Å². The molecule has 0 fully saturated rings. The summed E-state index contributed by atoms with van der Waals surface area (Å²) in [5.41, 5.74) is 6.18. The maximum absolute atomic E-state index is 5.59. The molecular weight excluding hydrogens is 422 g/mol. The van der Waals surface area contributed by atoms with E-state index in [2.05, 4.69) is 19.9 Å².